The minimum Gasteiger partial charge on any atom is -0.496 e. The maximum absolute atomic E-state index is 13.7. The summed E-state index contributed by atoms with van der Waals surface area (Å²) in [6.07, 6.45) is 5.44. The number of carbonyl (C=O) groups excluding carboxylic acids is 1. The number of Topliss-reactive ketones (excluding diaryl/α,β-unsaturated/α-hetero) is 1. The summed E-state index contributed by atoms with van der Waals surface area (Å²) in [6.45, 7) is 2.40. The lowest BCUT2D eigenvalue weighted by Gasteiger charge is -2.32. The molecule has 0 bridgehead atoms. The van der Waals surface area contributed by atoms with Crippen molar-refractivity contribution in [2.45, 2.75) is 19.4 Å². The van der Waals surface area contributed by atoms with Gasteiger partial charge < -0.3 is 4.74 Å². The van der Waals surface area contributed by atoms with E-state index in [1.165, 1.54) is 36.3 Å². The van der Waals surface area contributed by atoms with Crippen LogP contribution in [-0.2, 0) is 6.54 Å². The average Bonchev–Trinajstić information content (AvgIpc) is 2.74. The zero-order valence-electron chi connectivity index (χ0n) is 15.9. The molecule has 1 aliphatic rings. The predicted octanol–water partition coefficient (Wildman–Crippen LogP) is 4.48. The number of aromatic nitrogens is 1. The van der Waals surface area contributed by atoms with Crippen molar-refractivity contribution in [3.63, 3.8) is 0 Å². The molecule has 0 amide bonds. The average molecular weight is 378 g/mol. The fourth-order valence-electron chi connectivity index (χ4n) is 4.07. The fraction of sp³-hybridized carbons (Fsp3) is 0.304. The highest BCUT2D eigenvalue weighted by molar-refractivity contribution is 6.00. The Morgan fingerprint density at radius 2 is 2.18 bits per heavy atom. The molecule has 5 heteroatoms. The number of pyridine rings is 1. The number of benzene rings is 2. The summed E-state index contributed by atoms with van der Waals surface area (Å²) in [5.74, 6) is -0.171. The first-order chi connectivity index (χ1) is 13.7. The van der Waals surface area contributed by atoms with Crippen LogP contribution < -0.4 is 4.74 Å². The third-order valence-corrected chi connectivity index (χ3v) is 5.47. The van der Waals surface area contributed by atoms with Crippen LogP contribution in [0.1, 0.15) is 28.8 Å². The van der Waals surface area contributed by atoms with Crippen molar-refractivity contribution in [2.75, 3.05) is 20.2 Å². The normalized spacial score (nSPS) is 17.6. The molecule has 0 N–H and O–H groups in total. The summed E-state index contributed by atoms with van der Waals surface area (Å²) in [4.78, 5) is 19.6. The Kier molecular flexibility index (Phi) is 5.35. The van der Waals surface area contributed by atoms with Gasteiger partial charge >= 0.3 is 0 Å². The Bertz CT molecular complexity index is 1000. The molecular formula is C23H23FN2O2. The van der Waals surface area contributed by atoms with E-state index in [4.69, 9.17) is 4.74 Å². The van der Waals surface area contributed by atoms with Crippen LogP contribution in [0.25, 0.3) is 10.8 Å². The summed E-state index contributed by atoms with van der Waals surface area (Å²) in [5, 5.41) is 2.31. The Labute approximate surface area is 164 Å². The highest BCUT2D eigenvalue weighted by Gasteiger charge is 2.28. The van der Waals surface area contributed by atoms with Crippen LogP contribution in [0, 0.1) is 11.7 Å². The minimum atomic E-state index is -0.416. The Balaban J connectivity index is 1.53. The molecule has 0 spiro atoms. The summed E-state index contributed by atoms with van der Waals surface area (Å²) in [7, 11) is 1.51. The smallest absolute Gasteiger partial charge is 0.171 e. The van der Waals surface area contributed by atoms with Gasteiger partial charge in [-0.1, -0.05) is 18.2 Å². The van der Waals surface area contributed by atoms with Gasteiger partial charge in [0.05, 0.1) is 12.7 Å². The second-order valence-electron chi connectivity index (χ2n) is 7.30. The second kappa shape index (κ2) is 8.07. The van der Waals surface area contributed by atoms with Crippen LogP contribution in [0.5, 0.6) is 5.75 Å². The lowest BCUT2D eigenvalue weighted by atomic mass is 9.89. The zero-order chi connectivity index (χ0) is 19.5. The second-order valence-corrected chi connectivity index (χ2v) is 7.30. The van der Waals surface area contributed by atoms with E-state index in [1.807, 2.05) is 24.5 Å². The van der Waals surface area contributed by atoms with E-state index in [0.29, 0.717) is 17.9 Å². The zero-order valence-corrected chi connectivity index (χ0v) is 15.9. The van der Waals surface area contributed by atoms with E-state index in [1.54, 1.807) is 0 Å². The number of likely N-dealkylation sites (tertiary alicyclic amines) is 1. The monoisotopic (exact) mass is 378 g/mol. The maximum Gasteiger partial charge on any atom is 0.171 e. The van der Waals surface area contributed by atoms with Crippen molar-refractivity contribution >= 4 is 16.6 Å². The van der Waals surface area contributed by atoms with E-state index < -0.39 is 5.82 Å². The van der Waals surface area contributed by atoms with Crippen molar-refractivity contribution in [1.29, 1.82) is 0 Å². The van der Waals surface area contributed by atoms with Crippen LogP contribution in [0.3, 0.4) is 0 Å². The number of ether oxygens (including phenoxy) is 1. The lowest BCUT2D eigenvalue weighted by molar-refractivity contribution is 0.0808. The summed E-state index contributed by atoms with van der Waals surface area (Å²) in [6, 6.07) is 12.4. The number of rotatable bonds is 5. The summed E-state index contributed by atoms with van der Waals surface area (Å²) in [5.41, 5.74) is 1.57. The molecule has 1 saturated heterocycles. The van der Waals surface area contributed by atoms with E-state index in [9.17, 15) is 9.18 Å². The largest absolute Gasteiger partial charge is 0.496 e. The number of methoxy groups -OCH3 is 1. The van der Waals surface area contributed by atoms with Crippen molar-refractivity contribution in [3.8, 4) is 5.75 Å². The van der Waals surface area contributed by atoms with E-state index in [0.717, 1.165) is 31.3 Å². The quantitative estimate of drug-likeness (QED) is 0.614. The van der Waals surface area contributed by atoms with Gasteiger partial charge in [0.1, 0.15) is 11.6 Å². The van der Waals surface area contributed by atoms with Gasteiger partial charge in [-0.05, 0) is 54.6 Å². The topological polar surface area (TPSA) is 42.4 Å². The third kappa shape index (κ3) is 3.76. The molecule has 2 heterocycles. The van der Waals surface area contributed by atoms with Crippen molar-refractivity contribution < 1.29 is 13.9 Å². The van der Waals surface area contributed by atoms with E-state index in [-0.39, 0.29) is 11.7 Å². The van der Waals surface area contributed by atoms with Crippen molar-refractivity contribution in [1.82, 2.24) is 9.88 Å². The number of fused-ring (bicyclic) bond motifs is 1. The number of hydrogen-bond donors (Lipinski definition) is 0. The van der Waals surface area contributed by atoms with Crippen LogP contribution >= 0.6 is 0 Å². The molecule has 0 aliphatic carbocycles. The lowest BCUT2D eigenvalue weighted by Crippen LogP contribution is -2.38. The van der Waals surface area contributed by atoms with Crippen LogP contribution in [0.4, 0.5) is 4.39 Å². The first-order valence-corrected chi connectivity index (χ1v) is 9.57. The highest BCUT2D eigenvalue weighted by Crippen LogP contribution is 2.28. The van der Waals surface area contributed by atoms with Crippen molar-refractivity contribution in [2.24, 2.45) is 5.92 Å². The van der Waals surface area contributed by atoms with Crippen LogP contribution in [0.2, 0.25) is 0 Å². The number of nitrogens with zero attached hydrogens (tertiary/aromatic N) is 2. The van der Waals surface area contributed by atoms with Gasteiger partial charge in [0.25, 0.3) is 0 Å². The molecule has 1 unspecified atom stereocenters. The summed E-state index contributed by atoms with van der Waals surface area (Å²) >= 11 is 0. The van der Waals surface area contributed by atoms with Gasteiger partial charge in [-0.15, -0.1) is 0 Å². The molecule has 4 nitrogen and oxygen atoms in total. The molecule has 1 aliphatic heterocycles. The minimum absolute atomic E-state index is 0.0387. The molecule has 0 saturated carbocycles. The molecule has 4 rings (SSSR count). The number of carbonyl (C=O) groups is 1. The fourth-order valence-corrected chi connectivity index (χ4v) is 4.07. The van der Waals surface area contributed by atoms with Gasteiger partial charge in [0, 0.05) is 36.8 Å². The van der Waals surface area contributed by atoms with E-state index >= 15 is 0 Å². The SMILES string of the molecule is COc1ccc(F)cc1C(=O)C1CCCN(Cc2cccc3cnccc23)C1. The predicted molar refractivity (Wildman–Crippen MR) is 107 cm³/mol. The Morgan fingerprint density at radius 1 is 1.29 bits per heavy atom. The van der Waals surface area contributed by atoms with Gasteiger partial charge in [-0.2, -0.15) is 0 Å². The van der Waals surface area contributed by atoms with Crippen molar-refractivity contribution in [3.05, 3.63) is 71.8 Å². The van der Waals surface area contributed by atoms with E-state index in [2.05, 4.69) is 22.0 Å². The molecule has 144 valence electrons. The van der Waals surface area contributed by atoms with Gasteiger partial charge in [0.15, 0.2) is 5.78 Å². The number of hydrogen-bond acceptors (Lipinski definition) is 4. The molecule has 1 fully saturated rings. The standard InChI is InChI=1S/C23H23FN2O2/c1-28-22-8-7-19(24)12-21(22)23(27)18-6-3-11-26(15-18)14-17-5-2-4-16-13-25-10-9-20(16)17/h2,4-5,7-10,12-13,18H,3,6,11,14-15H2,1H3. The first kappa shape index (κ1) is 18.6. The first-order valence-electron chi connectivity index (χ1n) is 9.57. The molecule has 1 atom stereocenters. The van der Waals surface area contributed by atoms with Crippen LogP contribution in [-0.4, -0.2) is 35.9 Å². The Hall–Kier alpha value is -2.79. The molecule has 3 aromatic rings. The Morgan fingerprint density at radius 3 is 3.04 bits per heavy atom. The van der Waals surface area contributed by atoms with Crippen LogP contribution in [0.15, 0.2) is 54.9 Å². The number of piperidine rings is 1. The third-order valence-electron chi connectivity index (χ3n) is 5.47. The number of halogens is 1. The molecule has 2 aromatic carbocycles. The molecular weight excluding hydrogens is 355 g/mol. The summed E-state index contributed by atoms with van der Waals surface area (Å²) < 4.78 is 19.0. The molecule has 28 heavy (non-hydrogen) atoms. The molecule has 1 aromatic heterocycles. The van der Waals surface area contributed by atoms with Gasteiger partial charge in [-0.3, -0.25) is 14.7 Å². The molecule has 0 radical (unpaired) electrons. The number of ketones is 1. The van der Waals surface area contributed by atoms with Gasteiger partial charge in [-0.25, -0.2) is 4.39 Å². The van der Waals surface area contributed by atoms with Gasteiger partial charge in [0.2, 0.25) is 0 Å². The maximum atomic E-state index is 13.7. The highest BCUT2D eigenvalue weighted by atomic mass is 19.1.